The van der Waals surface area contributed by atoms with Crippen LogP contribution < -0.4 is 0 Å². The third-order valence-electron chi connectivity index (χ3n) is 4.28. The second-order valence-electron chi connectivity index (χ2n) is 5.81. The molecule has 1 aliphatic rings. The maximum Gasteiger partial charge on any atom is 0.271 e. The molecule has 6 heteroatoms. The van der Waals surface area contributed by atoms with E-state index in [1.165, 1.54) is 5.56 Å². The van der Waals surface area contributed by atoms with Crippen LogP contribution in [0.2, 0.25) is 0 Å². The van der Waals surface area contributed by atoms with E-state index in [2.05, 4.69) is 26.6 Å². The lowest BCUT2D eigenvalue weighted by molar-refractivity contribution is -0.384. The predicted octanol–water partition coefficient (Wildman–Crippen LogP) is 2.96. The lowest BCUT2D eigenvalue weighted by atomic mass is 10.2. The molecule has 0 saturated heterocycles. The molecule has 2 aromatic carbocycles. The number of benzene rings is 2. The number of nitro groups is 1. The minimum absolute atomic E-state index is 0.0917. The van der Waals surface area contributed by atoms with Gasteiger partial charge in [0.1, 0.15) is 5.82 Å². The van der Waals surface area contributed by atoms with Crippen molar-refractivity contribution < 1.29 is 4.92 Å². The number of imidazole rings is 1. The van der Waals surface area contributed by atoms with E-state index in [-0.39, 0.29) is 10.6 Å². The summed E-state index contributed by atoms with van der Waals surface area (Å²) in [7, 11) is 0. The molecule has 0 saturated carbocycles. The highest BCUT2D eigenvalue weighted by atomic mass is 16.6. The summed E-state index contributed by atoms with van der Waals surface area (Å²) >= 11 is 0. The summed E-state index contributed by atoms with van der Waals surface area (Å²) in [6, 6.07) is 15.3. The van der Waals surface area contributed by atoms with Crippen LogP contribution >= 0.6 is 0 Å². The van der Waals surface area contributed by atoms with E-state index >= 15 is 0 Å². The molecular weight excluding hydrogens is 292 g/mol. The number of rotatable bonds is 3. The Morgan fingerprint density at radius 2 is 1.96 bits per heavy atom. The summed E-state index contributed by atoms with van der Waals surface area (Å²) in [5.41, 5.74) is 3.06. The van der Waals surface area contributed by atoms with Gasteiger partial charge in [-0.15, -0.1) is 0 Å². The van der Waals surface area contributed by atoms with Gasteiger partial charge in [-0.1, -0.05) is 30.3 Å². The standard InChI is InChI=1S/C17H16N4O2/c22-21(23)14-6-7-16-15(10-14)18-17-12-19(8-9-20(16)17)11-13-4-2-1-3-5-13/h1-7,10H,8-9,11-12H2. The van der Waals surface area contributed by atoms with Crippen molar-refractivity contribution in [1.29, 1.82) is 0 Å². The van der Waals surface area contributed by atoms with Gasteiger partial charge in [-0.3, -0.25) is 15.0 Å². The maximum absolute atomic E-state index is 10.9. The number of nitro benzene ring substituents is 1. The third kappa shape index (κ3) is 2.57. The average Bonchev–Trinajstić information content (AvgIpc) is 2.92. The van der Waals surface area contributed by atoms with Crippen LogP contribution in [0.1, 0.15) is 11.4 Å². The molecular formula is C17H16N4O2. The molecule has 3 aromatic rings. The SMILES string of the molecule is O=[N+]([O-])c1ccc2c(c1)nc1n2CCN(Cc2ccccc2)C1. The van der Waals surface area contributed by atoms with E-state index in [4.69, 9.17) is 0 Å². The summed E-state index contributed by atoms with van der Waals surface area (Å²) < 4.78 is 2.17. The molecule has 0 N–H and O–H groups in total. The van der Waals surface area contributed by atoms with Gasteiger partial charge in [-0.05, 0) is 11.6 Å². The van der Waals surface area contributed by atoms with Gasteiger partial charge in [0.25, 0.3) is 5.69 Å². The molecule has 0 bridgehead atoms. The van der Waals surface area contributed by atoms with Crippen LogP contribution in [-0.2, 0) is 19.6 Å². The zero-order valence-corrected chi connectivity index (χ0v) is 12.6. The van der Waals surface area contributed by atoms with Crippen LogP contribution in [0, 0.1) is 10.1 Å². The Labute approximate surface area is 133 Å². The molecule has 0 spiro atoms. The van der Waals surface area contributed by atoms with Crippen molar-refractivity contribution in [3.63, 3.8) is 0 Å². The van der Waals surface area contributed by atoms with Crippen molar-refractivity contribution in [3.8, 4) is 0 Å². The molecule has 0 fully saturated rings. The van der Waals surface area contributed by atoms with Crippen molar-refractivity contribution in [2.45, 2.75) is 19.6 Å². The van der Waals surface area contributed by atoms with Gasteiger partial charge in [-0.25, -0.2) is 4.98 Å². The Balaban J connectivity index is 1.62. The smallest absolute Gasteiger partial charge is 0.271 e. The Morgan fingerprint density at radius 1 is 1.13 bits per heavy atom. The zero-order chi connectivity index (χ0) is 15.8. The van der Waals surface area contributed by atoms with Crippen molar-refractivity contribution in [1.82, 2.24) is 14.5 Å². The highest BCUT2D eigenvalue weighted by molar-refractivity contribution is 5.78. The summed E-state index contributed by atoms with van der Waals surface area (Å²) in [5.74, 6) is 0.975. The molecule has 6 nitrogen and oxygen atoms in total. The lowest BCUT2D eigenvalue weighted by Crippen LogP contribution is -2.33. The van der Waals surface area contributed by atoms with E-state index in [1.54, 1.807) is 18.2 Å². The van der Waals surface area contributed by atoms with Gasteiger partial charge in [0, 0.05) is 31.8 Å². The molecule has 4 rings (SSSR count). The van der Waals surface area contributed by atoms with Gasteiger partial charge in [0.05, 0.1) is 22.5 Å². The van der Waals surface area contributed by atoms with Crippen LogP contribution in [0.25, 0.3) is 11.0 Å². The molecule has 2 heterocycles. The molecule has 0 amide bonds. The fraction of sp³-hybridized carbons (Fsp3) is 0.235. The van der Waals surface area contributed by atoms with Crippen LogP contribution in [0.5, 0.6) is 0 Å². The first-order valence-electron chi connectivity index (χ1n) is 7.60. The summed E-state index contributed by atoms with van der Waals surface area (Å²) in [4.78, 5) is 17.5. The second kappa shape index (κ2) is 5.48. The quantitative estimate of drug-likeness (QED) is 0.551. The molecule has 116 valence electrons. The number of nitrogens with zero attached hydrogens (tertiary/aromatic N) is 4. The van der Waals surface area contributed by atoms with Crippen LogP contribution in [0.3, 0.4) is 0 Å². The van der Waals surface area contributed by atoms with Crippen molar-refractivity contribution in [3.05, 3.63) is 70.0 Å². The molecule has 0 atom stereocenters. The van der Waals surface area contributed by atoms with Gasteiger partial charge >= 0.3 is 0 Å². The number of non-ortho nitro benzene ring substituents is 1. The Bertz CT molecular complexity index is 873. The summed E-state index contributed by atoms with van der Waals surface area (Å²) in [6.07, 6.45) is 0. The zero-order valence-electron chi connectivity index (χ0n) is 12.6. The second-order valence-corrected chi connectivity index (χ2v) is 5.81. The minimum Gasteiger partial charge on any atom is -0.326 e. The largest absolute Gasteiger partial charge is 0.326 e. The molecule has 23 heavy (non-hydrogen) atoms. The van der Waals surface area contributed by atoms with Gasteiger partial charge in [0.15, 0.2) is 0 Å². The summed E-state index contributed by atoms with van der Waals surface area (Å²) in [6.45, 7) is 3.46. The molecule has 0 aliphatic carbocycles. The fourth-order valence-corrected chi connectivity index (χ4v) is 3.15. The maximum atomic E-state index is 10.9. The number of hydrogen-bond acceptors (Lipinski definition) is 4. The van der Waals surface area contributed by atoms with Crippen LogP contribution in [-0.4, -0.2) is 25.9 Å². The minimum atomic E-state index is -0.376. The first kappa shape index (κ1) is 13.9. The lowest BCUT2D eigenvalue weighted by Gasteiger charge is -2.27. The number of hydrogen-bond donors (Lipinski definition) is 0. The van der Waals surface area contributed by atoms with Crippen molar-refractivity contribution >= 4 is 16.7 Å². The van der Waals surface area contributed by atoms with Gasteiger partial charge in [-0.2, -0.15) is 0 Å². The van der Waals surface area contributed by atoms with E-state index in [0.717, 1.165) is 37.5 Å². The number of fused-ring (bicyclic) bond motifs is 3. The highest BCUT2D eigenvalue weighted by Gasteiger charge is 2.21. The Kier molecular flexibility index (Phi) is 3.31. The Morgan fingerprint density at radius 3 is 2.74 bits per heavy atom. The third-order valence-corrected chi connectivity index (χ3v) is 4.28. The molecule has 0 radical (unpaired) electrons. The van der Waals surface area contributed by atoms with Gasteiger partial charge < -0.3 is 4.57 Å². The molecule has 0 unspecified atom stereocenters. The average molecular weight is 308 g/mol. The predicted molar refractivity (Wildman–Crippen MR) is 86.9 cm³/mol. The normalized spacial score (nSPS) is 14.8. The van der Waals surface area contributed by atoms with Gasteiger partial charge in [0.2, 0.25) is 0 Å². The van der Waals surface area contributed by atoms with E-state index in [9.17, 15) is 10.1 Å². The monoisotopic (exact) mass is 308 g/mol. The van der Waals surface area contributed by atoms with Crippen LogP contribution in [0.15, 0.2) is 48.5 Å². The Hall–Kier alpha value is -2.73. The number of aromatic nitrogens is 2. The highest BCUT2D eigenvalue weighted by Crippen LogP contribution is 2.25. The topological polar surface area (TPSA) is 64.2 Å². The van der Waals surface area contributed by atoms with E-state index < -0.39 is 0 Å². The van der Waals surface area contributed by atoms with Crippen LogP contribution in [0.4, 0.5) is 5.69 Å². The van der Waals surface area contributed by atoms with E-state index in [0.29, 0.717) is 5.52 Å². The fourth-order valence-electron chi connectivity index (χ4n) is 3.15. The van der Waals surface area contributed by atoms with Crippen molar-refractivity contribution in [2.75, 3.05) is 6.54 Å². The molecule has 1 aromatic heterocycles. The first-order valence-corrected chi connectivity index (χ1v) is 7.60. The summed E-state index contributed by atoms with van der Waals surface area (Å²) in [5, 5.41) is 10.9. The first-order chi connectivity index (χ1) is 11.2. The van der Waals surface area contributed by atoms with E-state index in [1.807, 2.05) is 18.2 Å². The van der Waals surface area contributed by atoms with Crippen molar-refractivity contribution in [2.24, 2.45) is 0 Å². The molecule has 1 aliphatic heterocycles.